The van der Waals surface area contributed by atoms with Gasteiger partial charge in [-0.25, -0.2) is 0 Å². The van der Waals surface area contributed by atoms with Crippen LogP contribution < -0.4 is 5.32 Å². The lowest BCUT2D eigenvalue weighted by molar-refractivity contribution is 0.0952. The summed E-state index contributed by atoms with van der Waals surface area (Å²) in [6, 6.07) is 5.45. The molecule has 0 aliphatic heterocycles. The number of benzene rings is 1. The van der Waals surface area contributed by atoms with Gasteiger partial charge in [-0.3, -0.25) is 4.79 Å². The number of amides is 1. The molecule has 0 bridgehead atoms. The van der Waals surface area contributed by atoms with E-state index in [1.165, 1.54) is 0 Å². The zero-order chi connectivity index (χ0) is 12.0. The van der Waals surface area contributed by atoms with Gasteiger partial charge in [-0.2, -0.15) is 0 Å². The monoisotopic (exact) mass is 301 g/mol. The number of hydrogen-bond donors (Lipinski definition) is 2. The van der Waals surface area contributed by atoms with E-state index in [1.54, 1.807) is 6.07 Å². The Morgan fingerprint density at radius 2 is 2.19 bits per heavy atom. The lowest BCUT2D eigenvalue weighted by atomic mass is 10.2. The first-order valence-electron chi connectivity index (χ1n) is 5.42. The average Bonchev–Trinajstić information content (AvgIpc) is 2.27. The predicted molar refractivity (Wildman–Crippen MR) is 73.3 cm³/mol. The minimum atomic E-state index is -0.0427. The molecular formula is C12H16BrNOS. The maximum Gasteiger partial charge on any atom is 0.252 e. The van der Waals surface area contributed by atoms with Crippen molar-refractivity contribution < 1.29 is 4.79 Å². The molecule has 0 saturated carbocycles. The Morgan fingerprint density at radius 3 is 2.88 bits per heavy atom. The number of rotatable bonds is 5. The van der Waals surface area contributed by atoms with E-state index in [0.717, 1.165) is 35.2 Å². The summed E-state index contributed by atoms with van der Waals surface area (Å²) in [7, 11) is 0. The number of nitrogens with one attached hydrogen (secondary N) is 1. The van der Waals surface area contributed by atoms with Gasteiger partial charge in [-0.05, 0) is 40.5 Å². The lowest BCUT2D eigenvalue weighted by Gasteiger charge is -2.07. The van der Waals surface area contributed by atoms with E-state index in [1.807, 2.05) is 12.1 Å². The summed E-state index contributed by atoms with van der Waals surface area (Å²) in [5, 5.41) is 2.90. The lowest BCUT2D eigenvalue weighted by Crippen LogP contribution is -2.24. The van der Waals surface area contributed by atoms with E-state index >= 15 is 0 Å². The van der Waals surface area contributed by atoms with Crippen molar-refractivity contribution in [2.75, 3.05) is 6.54 Å². The summed E-state index contributed by atoms with van der Waals surface area (Å²) in [4.78, 5) is 12.6. The number of carbonyl (C=O) groups excluding carboxylic acids is 1. The van der Waals surface area contributed by atoms with Gasteiger partial charge < -0.3 is 5.32 Å². The smallest absolute Gasteiger partial charge is 0.252 e. The van der Waals surface area contributed by atoms with Gasteiger partial charge in [0, 0.05) is 15.9 Å². The Balaban J connectivity index is 2.55. The molecule has 1 rings (SSSR count). The van der Waals surface area contributed by atoms with Crippen LogP contribution in [-0.4, -0.2) is 12.5 Å². The normalized spacial score (nSPS) is 10.2. The number of hydrogen-bond acceptors (Lipinski definition) is 2. The molecule has 2 nitrogen and oxygen atoms in total. The van der Waals surface area contributed by atoms with E-state index in [2.05, 4.69) is 40.8 Å². The summed E-state index contributed by atoms with van der Waals surface area (Å²) in [6.07, 6.45) is 3.33. The highest BCUT2D eigenvalue weighted by Gasteiger charge is 2.09. The molecule has 1 aromatic carbocycles. The highest BCUT2D eigenvalue weighted by Crippen LogP contribution is 2.20. The van der Waals surface area contributed by atoms with Gasteiger partial charge >= 0.3 is 0 Å². The molecule has 0 heterocycles. The van der Waals surface area contributed by atoms with Gasteiger partial charge in [0.05, 0.1) is 5.56 Å². The number of halogens is 1. The molecule has 1 aromatic rings. The first-order chi connectivity index (χ1) is 7.65. The first-order valence-corrected chi connectivity index (χ1v) is 6.66. The summed E-state index contributed by atoms with van der Waals surface area (Å²) >= 11 is 7.58. The maximum absolute atomic E-state index is 11.8. The Hall–Kier alpha value is -0.480. The van der Waals surface area contributed by atoms with Crippen LogP contribution in [0.4, 0.5) is 0 Å². The maximum atomic E-state index is 11.8. The Kier molecular flexibility index (Phi) is 5.91. The molecule has 4 heteroatoms. The third-order valence-electron chi connectivity index (χ3n) is 2.26. The van der Waals surface area contributed by atoms with Crippen LogP contribution >= 0.6 is 28.6 Å². The van der Waals surface area contributed by atoms with Crippen molar-refractivity contribution in [3.63, 3.8) is 0 Å². The van der Waals surface area contributed by atoms with Crippen molar-refractivity contribution in [1.82, 2.24) is 5.32 Å². The highest BCUT2D eigenvalue weighted by molar-refractivity contribution is 9.10. The second kappa shape index (κ2) is 6.97. The summed E-state index contributed by atoms with van der Waals surface area (Å²) in [5.41, 5.74) is 0.643. The topological polar surface area (TPSA) is 29.1 Å². The molecule has 0 aromatic heterocycles. The van der Waals surface area contributed by atoms with E-state index in [4.69, 9.17) is 0 Å². The van der Waals surface area contributed by atoms with Crippen LogP contribution in [0.5, 0.6) is 0 Å². The van der Waals surface area contributed by atoms with Crippen LogP contribution in [0.3, 0.4) is 0 Å². The highest BCUT2D eigenvalue weighted by atomic mass is 79.9. The van der Waals surface area contributed by atoms with E-state index in [-0.39, 0.29) is 5.91 Å². The van der Waals surface area contributed by atoms with Gasteiger partial charge in [-0.15, -0.1) is 12.6 Å². The third kappa shape index (κ3) is 4.18. The number of thiol groups is 1. The molecule has 0 aliphatic rings. The largest absolute Gasteiger partial charge is 0.352 e. The molecule has 0 unspecified atom stereocenters. The Bertz CT molecular complexity index is 368. The van der Waals surface area contributed by atoms with Crippen LogP contribution in [0.2, 0.25) is 0 Å². The molecule has 0 saturated heterocycles. The molecule has 0 spiro atoms. The van der Waals surface area contributed by atoms with Crippen LogP contribution in [0.15, 0.2) is 27.6 Å². The van der Waals surface area contributed by atoms with Crippen LogP contribution in [0.25, 0.3) is 0 Å². The quantitative estimate of drug-likeness (QED) is 0.631. The zero-order valence-corrected chi connectivity index (χ0v) is 11.8. The summed E-state index contributed by atoms with van der Waals surface area (Å²) < 4.78 is 0.804. The minimum Gasteiger partial charge on any atom is -0.352 e. The predicted octanol–water partition coefficient (Wildman–Crippen LogP) is 3.66. The second-order valence-corrected chi connectivity index (χ2v) is 5.00. The van der Waals surface area contributed by atoms with Crippen molar-refractivity contribution in [1.29, 1.82) is 0 Å². The zero-order valence-electron chi connectivity index (χ0n) is 9.29. The van der Waals surface area contributed by atoms with Crippen LogP contribution in [-0.2, 0) is 0 Å². The molecule has 0 radical (unpaired) electrons. The van der Waals surface area contributed by atoms with Gasteiger partial charge in [0.1, 0.15) is 0 Å². The van der Waals surface area contributed by atoms with Crippen molar-refractivity contribution in [2.45, 2.75) is 31.1 Å². The SMILES string of the molecule is CCCCCNC(=O)c1cc(S)ccc1Br. The fourth-order valence-corrected chi connectivity index (χ4v) is 1.99. The summed E-state index contributed by atoms with van der Waals surface area (Å²) in [6.45, 7) is 2.87. The van der Waals surface area contributed by atoms with Crippen molar-refractivity contribution in [3.05, 3.63) is 28.2 Å². The van der Waals surface area contributed by atoms with E-state index in [9.17, 15) is 4.79 Å². The van der Waals surface area contributed by atoms with Crippen molar-refractivity contribution in [2.24, 2.45) is 0 Å². The number of carbonyl (C=O) groups is 1. The van der Waals surface area contributed by atoms with Gasteiger partial charge in [0.15, 0.2) is 0 Å². The van der Waals surface area contributed by atoms with Crippen LogP contribution in [0.1, 0.15) is 36.5 Å². The number of unbranched alkanes of at least 4 members (excludes halogenated alkanes) is 2. The standard InChI is InChI=1S/C12H16BrNOS/c1-2-3-4-7-14-12(15)10-8-9(16)5-6-11(10)13/h5-6,8,16H,2-4,7H2,1H3,(H,14,15). The van der Waals surface area contributed by atoms with E-state index < -0.39 is 0 Å². The second-order valence-electron chi connectivity index (χ2n) is 3.63. The average molecular weight is 302 g/mol. The molecule has 0 atom stereocenters. The molecular weight excluding hydrogens is 286 g/mol. The molecule has 16 heavy (non-hydrogen) atoms. The van der Waals surface area contributed by atoms with Gasteiger partial charge in [0.25, 0.3) is 5.91 Å². The van der Waals surface area contributed by atoms with Gasteiger partial charge in [0.2, 0.25) is 0 Å². The molecule has 0 aliphatic carbocycles. The molecule has 1 amide bonds. The fourth-order valence-electron chi connectivity index (χ4n) is 1.36. The molecule has 88 valence electrons. The third-order valence-corrected chi connectivity index (χ3v) is 3.23. The molecule has 0 fully saturated rings. The summed E-state index contributed by atoms with van der Waals surface area (Å²) in [5.74, 6) is -0.0427. The fraction of sp³-hybridized carbons (Fsp3) is 0.417. The van der Waals surface area contributed by atoms with Gasteiger partial charge in [-0.1, -0.05) is 19.8 Å². The van der Waals surface area contributed by atoms with E-state index in [0.29, 0.717) is 5.56 Å². The van der Waals surface area contributed by atoms with Crippen molar-refractivity contribution in [3.8, 4) is 0 Å². The van der Waals surface area contributed by atoms with Crippen LogP contribution in [0, 0.1) is 0 Å². The molecule has 1 N–H and O–H groups in total. The minimum absolute atomic E-state index is 0.0427. The Morgan fingerprint density at radius 1 is 1.44 bits per heavy atom. The Labute approximate surface area is 110 Å². The van der Waals surface area contributed by atoms with Crippen molar-refractivity contribution >= 4 is 34.5 Å². The first kappa shape index (κ1) is 13.6.